The Kier molecular flexibility index (Phi) is 5.48. The van der Waals surface area contributed by atoms with Crippen molar-refractivity contribution in [1.29, 1.82) is 0 Å². The number of para-hydroxylation sites is 1. The van der Waals surface area contributed by atoms with Crippen LogP contribution in [0.2, 0.25) is 0 Å². The lowest BCUT2D eigenvalue weighted by molar-refractivity contribution is -0.113. The van der Waals surface area contributed by atoms with Crippen molar-refractivity contribution in [3.63, 3.8) is 0 Å². The van der Waals surface area contributed by atoms with E-state index in [9.17, 15) is 4.79 Å². The Morgan fingerprint density at radius 2 is 1.78 bits per heavy atom. The van der Waals surface area contributed by atoms with Gasteiger partial charge in [0, 0.05) is 22.3 Å². The zero-order valence-corrected chi connectivity index (χ0v) is 21.5. The Morgan fingerprint density at radius 3 is 2.44 bits per heavy atom. The average molecular weight is 496 g/mol. The van der Waals surface area contributed by atoms with Crippen LogP contribution in [0, 0.1) is 16.7 Å². The highest BCUT2D eigenvalue weighted by atomic mass is 32.2. The van der Waals surface area contributed by atoms with E-state index in [1.807, 2.05) is 66.7 Å². The summed E-state index contributed by atoms with van der Waals surface area (Å²) in [6, 6.07) is 19.7. The molecule has 3 aromatic rings. The summed E-state index contributed by atoms with van der Waals surface area (Å²) >= 11 is 1.36. The van der Waals surface area contributed by atoms with Crippen LogP contribution in [0.1, 0.15) is 45.6 Å². The molecule has 0 spiro atoms. The summed E-state index contributed by atoms with van der Waals surface area (Å²) in [6.45, 7) is 7.05. The number of nitrogens with zero attached hydrogens (tertiary/aromatic N) is 4. The molecule has 0 radical (unpaired) electrons. The largest absolute Gasteiger partial charge is 0.277 e. The standard InChI is InChI=1S/C29H29N5OS/c1-28(2)21-14-15-29(28,3)24(17-21)31-33-27-34(22-12-8-5-9-13-22)26(35)23(36-27)16-20-18-30-32-25(20)19-10-6-4-7-11-19/h4-13,16,18,21H,14-15,17H2,1-3H3,(H,30,32). The summed E-state index contributed by atoms with van der Waals surface area (Å²) < 4.78 is 0. The number of carbonyl (C=O) groups excluding carboxylic acids is 1. The van der Waals surface area contributed by atoms with Gasteiger partial charge in [0.2, 0.25) is 5.17 Å². The normalized spacial score (nSPS) is 28.2. The Hall–Kier alpha value is -3.45. The van der Waals surface area contributed by atoms with Crippen molar-refractivity contribution in [1.82, 2.24) is 10.2 Å². The van der Waals surface area contributed by atoms with Crippen LogP contribution in [0.4, 0.5) is 5.69 Å². The molecule has 2 saturated carbocycles. The molecule has 2 heterocycles. The zero-order valence-electron chi connectivity index (χ0n) is 20.7. The van der Waals surface area contributed by atoms with Crippen LogP contribution in [0.3, 0.4) is 0 Å². The van der Waals surface area contributed by atoms with Gasteiger partial charge in [-0.15, -0.1) is 5.10 Å². The van der Waals surface area contributed by atoms with Gasteiger partial charge in [0.15, 0.2) is 0 Å². The van der Waals surface area contributed by atoms with Gasteiger partial charge in [0.1, 0.15) is 0 Å². The highest BCUT2D eigenvalue weighted by molar-refractivity contribution is 8.19. The molecule has 2 atom stereocenters. The Morgan fingerprint density at radius 1 is 1.06 bits per heavy atom. The van der Waals surface area contributed by atoms with E-state index in [2.05, 4.69) is 31.0 Å². The third kappa shape index (κ3) is 3.56. The Labute approximate surface area is 215 Å². The van der Waals surface area contributed by atoms with Gasteiger partial charge in [0.25, 0.3) is 5.91 Å². The van der Waals surface area contributed by atoms with Gasteiger partial charge >= 0.3 is 0 Å². The van der Waals surface area contributed by atoms with Crippen molar-refractivity contribution in [2.45, 2.75) is 40.0 Å². The molecule has 6 rings (SSSR count). The fourth-order valence-corrected chi connectivity index (χ4v) is 6.83. The molecule has 2 aromatic carbocycles. The maximum atomic E-state index is 13.7. The van der Waals surface area contributed by atoms with E-state index < -0.39 is 0 Å². The number of anilines is 1. The second kappa shape index (κ2) is 8.59. The lowest BCUT2D eigenvalue weighted by atomic mass is 9.70. The lowest BCUT2D eigenvalue weighted by Crippen LogP contribution is -2.32. The van der Waals surface area contributed by atoms with Crippen molar-refractivity contribution >= 4 is 40.3 Å². The van der Waals surface area contributed by atoms with Crippen LogP contribution in [-0.2, 0) is 4.79 Å². The molecule has 2 unspecified atom stereocenters. The summed E-state index contributed by atoms with van der Waals surface area (Å²) in [7, 11) is 0. The van der Waals surface area contributed by atoms with Gasteiger partial charge in [-0.3, -0.25) is 14.8 Å². The lowest BCUT2D eigenvalue weighted by Gasteiger charge is -2.34. The van der Waals surface area contributed by atoms with Gasteiger partial charge in [-0.1, -0.05) is 69.3 Å². The summed E-state index contributed by atoms with van der Waals surface area (Å²) in [5.74, 6) is 0.544. The highest BCUT2D eigenvalue weighted by Crippen LogP contribution is 2.64. The minimum absolute atomic E-state index is 0.0621. The number of hydrogen-bond acceptors (Lipinski definition) is 5. The molecule has 2 bridgehead atoms. The number of rotatable bonds is 4. The number of amides is 1. The number of fused-ring (bicyclic) bond motifs is 2. The number of benzene rings is 2. The van der Waals surface area contributed by atoms with E-state index in [1.54, 1.807) is 11.1 Å². The van der Waals surface area contributed by atoms with E-state index in [4.69, 9.17) is 10.2 Å². The van der Waals surface area contributed by atoms with Crippen molar-refractivity contribution < 1.29 is 4.79 Å². The number of H-pyrrole nitrogens is 1. The molecule has 6 nitrogen and oxygen atoms in total. The smallest absolute Gasteiger partial charge is 0.271 e. The van der Waals surface area contributed by atoms with Gasteiger partial charge in [-0.2, -0.15) is 10.2 Å². The first-order valence-electron chi connectivity index (χ1n) is 12.4. The first-order valence-corrected chi connectivity index (χ1v) is 13.2. The molecule has 1 N–H and O–H groups in total. The third-order valence-electron chi connectivity index (χ3n) is 8.61. The summed E-state index contributed by atoms with van der Waals surface area (Å²) in [5.41, 5.74) is 5.00. The molecule has 7 heteroatoms. The van der Waals surface area contributed by atoms with Gasteiger partial charge < -0.3 is 0 Å². The molecule has 1 saturated heterocycles. The molecule has 182 valence electrons. The fraction of sp³-hybridized carbons (Fsp3) is 0.310. The van der Waals surface area contributed by atoms with Crippen LogP contribution in [0.5, 0.6) is 0 Å². The number of carbonyl (C=O) groups is 1. The molecule has 3 fully saturated rings. The van der Waals surface area contributed by atoms with Crippen LogP contribution in [0.25, 0.3) is 17.3 Å². The molecule has 1 amide bonds. The fourth-order valence-electron chi connectivity index (χ4n) is 5.91. The maximum Gasteiger partial charge on any atom is 0.271 e. The predicted octanol–water partition coefficient (Wildman–Crippen LogP) is 6.76. The van der Waals surface area contributed by atoms with E-state index in [0.29, 0.717) is 16.0 Å². The van der Waals surface area contributed by atoms with Crippen molar-refractivity contribution in [3.05, 3.63) is 77.3 Å². The predicted molar refractivity (Wildman–Crippen MR) is 148 cm³/mol. The van der Waals surface area contributed by atoms with Crippen LogP contribution in [0.15, 0.2) is 82.0 Å². The third-order valence-corrected chi connectivity index (χ3v) is 9.57. The molecular formula is C29H29N5OS. The molecule has 36 heavy (non-hydrogen) atoms. The first-order chi connectivity index (χ1) is 17.4. The zero-order chi connectivity index (χ0) is 24.9. The topological polar surface area (TPSA) is 73.7 Å². The number of nitrogens with one attached hydrogen (secondary N) is 1. The number of aromatic nitrogens is 2. The quantitative estimate of drug-likeness (QED) is 0.321. The van der Waals surface area contributed by atoms with E-state index in [0.717, 1.165) is 41.1 Å². The van der Waals surface area contributed by atoms with E-state index in [1.165, 1.54) is 18.2 Å². The molecule has 1 aliphatic heterocycles. The average Bonchev–Trinajstić information content (AvgIpc) is 3.58. The number of hydrogen-bond donors (Lipinski definition) is 1. The monoisotopic (exact) mass is 495 g/mol. The van der Waals surface area contributed by atoms with Crippen molar-refractivity contribution in [2.75, 3.05) is 4.90 Å². The number of thioether (sulfide) groups is 1. The van der Waals surface area contributed by atoms with Crippen LogP contribution in [-0.4, -0.2) is 27.0 Å². The van der Waals surface area contributed by atoms with Crippen molar-refractivity contribution in [3.8, 4) is 11.3 Å². The Balaban J connectivity index is 1.38. The molecule has 3 aliphatic rings. The van der Waals surface area contributed by atoms with Crippen molar-refractivity contribution in [2.24, 2.45) is 27.0 Å². The van der Waals surface area contributed by atoms with E-state index in [-0.39, 0.29) is 16.7 Å². The molecule has 2 aliphatic carbocycles. The first kappa shape index (κ1) is 23.0. The maximum absolute atomic E-state index is 13.7. The summed E-state index contributed by atoms with van der Waals surface area (Å²) in [6.07, 6.45) is 7.04. The SMILES string of the molecule is CC12CCC(CC1=NN=C1SC(=Cc3cn[nH]c3-c3ccccc3)C(=O)N1c1ccccc1)C2(C)C. The minimum atomic E-state index is -0.107. The number of aromatic amines is 1. The summed E-state index contributed by atoms with van der Waals surface area (Å²) in [5, 5.41) is 17.4. The molecule has 1 aromatic heterocycles. The molecular weight excluding hydrogens is 466 g/mol. The van der Waals surface area contributed by atoms with Crippen LogP contribution >= 0.6 is 11.8 Å². The number of amidine groups is 1. The second-order valence-electron chi connectivity index (χ2n) is 10.6. The van der Waals surface area contributed by atoms with Gasteiger partial charge in [-0.25, -0.2) is 0 Å². The van der Waals surface area contributed by atoms with Gasteiger partial charge in [0.05, 0.1) is 22.5 Å². The van der Waals surface area contributed by atoms with Gasteiger partial charge in [-0.05, 0) is 60.6 Å². The summed E-state index contributed by atoms with van der Waals surface area (Å²) in [4.78, 5) is 15.9. The minimum Gasteiger partial charge on any atom is -0.277 e. The van der Waals surface area contributed by atoms with E-state index >= 15 is 0 Å². The van der Waals surface area contributed by atoms with Crippen LogP contribution < -0.4 is 4.90 Å². The second-order valence-corrected chi connectivity index (χ2v) is 11.6. The Bertz CT molecular complexity index is 1410. The highest BCUT2D eigenvalue weighted by Gasteiger charge is 2.60.